The Morgan fingerprint density at radius 2 is 1.59 bits per heavy atom. The number of nitrogens with one attached hydrogen (secondary N) is 1. The van der Waals surface area contributed by atoms with Gasteiger partial charge in [0.2, 0.25) is 11.8 Å². The van der Waals surface area contributed by atoms with Gasteiger partial charge < -0.3 is 14.5 Å². The van der Waals surface area contributed by atoms with Gasteiger partial charge in [0, 0.05) is 23.2 Å². The standard InChI is InChI=1S/C23H19N3O3/c1-28-20-9-5-6-16(14-20)15-24-21(27)17-10-12-19(13-11-17)23-26-25-22(29-23)18-7-3-2-4-8-18/h2-14H,15H2,1H3,(H,24,27). The van der Waals surface area contributed by atoms with E-state index in [2.05, 4.69) is 15.5 Å². The van der Waals surface area contributed by atoms with E-state index in [-0.39, 0.29) is 5.91 Å². The fourth-order valence-corrected chi connectivity index (χ4v) is 2.87. The number of nitrogens with zero attached hydrogens (tertiary/aromatic N) is 2. The fraction of sp³-hybridized carbons (Fsp3) is 0.0870. The lowest BCUT2D eigenvalue weighted by molar-refractivity contribution is 0.0951. The summed E-state index contributed by atoms with van der Waals surface area (Å²) in [6.07, 6.45) is 0. The minimum Gasteiger partial charge on any atom is -0.497 e. The Bertz CT molecular complexity index is 1110. The molecule has 4 aromatic rings. The lowest BCUT2D eigenvalue weighted by Gasteiger charge is -2.07. The molecular weight excluding hydrogens is 366 g/mol. The Morgan fingerprint density at radius 1 is 0.897 bits per heavy atom. The van der Waals surface area contributed by atoms with Gasteiger partial charge >= 0.3 is 0 Å². The summed E-state index contributed by atoms with van der Waals surface area (Å²) in [7, 11) is 1.62. The maximum atomic E-state index is 12.4. The summed E-state index contributed by atoms with van der Waals surface area (Å²) >= 11 is 0. The third-order valence-corrected chi connectivity index (χ3v) is 4.43. The quantitative estimate of drug-likeness (QED) is 0.534. The molecule has 0 saturated heterocycles. The summed E-state index contributed by atoms with van der Waals surface area (Å²) in [4.78, 5) is 12.4. The van der Waals surface area contributed by atoms with E-state index in [0.717, 1.165) is 22.4 Å². The molecule has 1 amide bonds. The van der Waals surface area contributed by atoms with E-state index in [9.17, 15) is 4.79 Å². The van der Waals surface area contributed by atoms with Crippen molar-refractivity contribution < 1.29 is 13.9 Å². The molecule has 0 unspecified atom stereocenters. The second-order valence-corrected chi connectivity index (χ2v) is 6.39. The van der Waals surface area contributed by atoms with Gasteiger partial charge in [0.25, 0.3) is 5.91 Å². The largest absolute Gasteiger partial charge is 0.497 e. The average molecular weight is 385 g/mol. The summed E-state index contributed by atoms with van der Waals surface area (Å²) in [5, 5.41) is 11.1. The van der Waals surface area contributed by atoms with E-state index in [1.54, 1.807) is 31.4 Å². The molecule has 0 spiro atoms. The Kier molecular flexibility index (Phi) is 5.33. The number of benzene rings is 3. The Balaban J connectivity index is 1.42. The van der Waals surface area contributed by atoms with Crippen LogP contribution in [0.3, 0.4) is 0 Å². The van der Waals surface area contributed by atoms with Crippen molar-refractivity contribution in [3.05, 3.63) is 90.0 Å². The first-order valence-electron chi connectivity index (χ1n) is 9.13. The third kappa shape index (κ3) is 4.32. The van der Waals surface area contributed by atoms with Gasteiger partial charge in [-0.2, -0.15) is 0 Å². The number of rotatable bonds is 6. The number of aromatic nitrogens is 2. The Morgan fingerprint density at radius 3 is 2.28 bits per heavy atom. The predicted molar refractivity (Wildman–Crippen MR) is 109 cm³/mol. The van der Waals surface area contributed by atoms with Gasteiger partial charge in [-0.1, -0.05) is 30.3 Å². The van der Waals surface area contributed by atoms with Crippen molar-refractivity contribution in [2.24, 2.45) is 0 Å². The van der Waals surface area contributed by atoms with Crippen molar-refractivity contribution in [2.75, 3.05) is 7.11 Å². The van der Waals surface area contributed by atoms with Gasteiger partial charge in [0.1, 0.15) is 5.75 Å². The number of hydrogen-bond donors (Lipinski definition) is 1. The van der Waals surface area contributed by atoms with Crippen LogP contribution < -0.4 is 10.1 Å². The van der Waals surface area contributed by atoms with Crippen molar-refractivity contribution in [1.29, 1.82) is 0 Å². The molecule has 0 aliphatic rings. The second kappa shape index (κ2) is 8.39. The van der Waals surface area contributed by atoms with E-state index in [0.29, 0.717) is 23.9 Å². The van der Waals surface area contributed by atoms with Crippen molar-refractivity contribution in [3.8, 4) is 28.7 Å². The van der Waals surface area contributed by atoms with Crippen LogP contribution in [0.2, 0.25) is 0 Å². The number of ether oxygens (including phenoxy) is 1. The van der Waals surface area contributed by atoms with E-state index in [4.69, 9.17) is 9.15 Å². The van der Waals surface area contributed by atoms with Gasteiger partial charge in [0.05, 0.1) is 7.11 Å². The topological polar surface area (TPSA) is 77.2 Å². The van der Waals surface area contributed by atoms with Crippen LogP contribution in [-0.2, 0) is 6.54 Å². The van der Waals surface area contributed by atoms with E-state index in [1.165, 1.54) is 0 Å². The summed E-state index contributed by atoms with van der Waals surface area (Å²) in [5.41, 5.74) is 3.14. The number of carbonyl (C=O) groups is 1. The maximum absolute atomic E-state index is 12.4. The molecule has 29 heavy (non-hydrogen) atoms. The van der Waals surface area contributed by atoms with Gasteiger partial charge in [-0.05, 0) is 54.1 Å². The first kappa shape index (κ1) is 18.4. The molecule has 6 nitrogen and oxygen atoms in total. The van der Waals surface area contributed by atoms with Crippen LogP contribution in [0.4, 0.5) is 0 Å². The molecular formula is C23H19N3O3. The highest BCUT2D eigenvalue weighted by atomic mass is 16.5. The molecule has 4 rings (SSSR count). The zero-order valence-corrected chi connectivity index (χ0v) is 15.8. The van der Waals surface area contributed by atoms with Gasteiger partial charge in [-0.3, -0.25) is 4.79 Å². The third-order valence-electron chi connectivity index (χ3n) is 4.43. The van der Waals surface area contributed by atoms with Crippen LogP contribution in [0.5, 0.6) is 5.75 Å². The number of amides is 1. The molecule has 0 bridgehead atoms. The van der Waals surface area contributed by atoms with Crippen LogP contribution in [0.1, 0.15) is 15.9 Å². The zero-order valence-electron chi connectivity index (χ0n) is 15.8. The maximum Gasteiger partial charge on any atom is 0.251 e. The summed E-state index contributed by atoms with van der Waals surface area (Å²) < 4.78 is 10.9. The van der Waals surface area contributed by atoms with Crippen LogP contribution >= 0.6 is 0 Å². The summed E-state index contributed by atoms with van der Waals surface area (Å²) in [5.74, 6) is 1.47. The Labute approximate surface area is 168 Å². The highest BCUT2D eigenvalue weighted by Gasteiger charge is 2.11. The van der Waals surface area contributed by atoms with Gasteiger partial charge in [-0.25, -0.2) is 0 Å². The number of carbonyl (C=O) groups excluding carboxylic acids is 1. The van der Waals surface area contributed by atoms with Crippen molar-refractivity contribution >= 4 is 5.91 Å². The molecule has 144 valence electrons. The molecule has 6 heteroatoms. The van der Waals surface area contributed by atoms with Crippen LogP contribution in [-0.4, -0.2) is 23.2 Å². The molecule has 0 atom stereocenters. The molecule has 0 fully saturated rings. The highest BCUT2D eigenvalue weighted by molar-refractivity contribution is 5.94. The summed E-state index contributed by atoms with van der Waals surface area (Å²) in [6.45, 7) is 0.419. The minimum atomic E-state index is -0.158. The normalized spacial score (nSPS) is 10.5. The molecule has 0 aliphatic carbocycles. The Hall–Kier alpha value is -3.93. The monoisotopic (exact) mass is 385 g/mol. The van der Waals surface area contributed by atoms with Crippen LogP contribution in [0, 0.1) is 0 Å². The van der Waals surface area contributed by atoms with E-state index < -0.39 is 0 Å². The molecule has 3 aromatic carbocycles. The molecule has 0 saturated carbocycles. The highest BCUT2D eigenvalue weighted by Crippen LogP contribution is 2.24. The summed E-state index contributed by atoms with van der Waals surface area (Å²) in [6, 6.07) is 24.2. The molecule has 0 radical (unpaired) electrons. The molecule has 1 aromatic heterocycles. The van der Waals surface area contributed by atoms with E-state index >= 15 is 0 Å². The first-order valence-corrected chi connectivity index (χ1v) is 9.13. The van der Waals surface area contributed by atoms with Crippen molar-refractivity contribution in [3.63, 3.8) is 0 Å². The van der Waals surface area contributed by atoms with Crippen molar-refractivity contribution in [2.45, 2.75) is 6.54 Å². The minimum absolute atomic E-state index is 0.158. The lowest BCUT2D eigenvalue weighted by Crippen LogP contribution is -2.22. The van der Waals surface area contributed by atoms with Crippen molar-refractivity contribution in [1.82, 2.24) is 15.5 Å². The number of hydrogen-bond acceptors (Lipinski definition) is 5. The van der Waals surface area contributed by atoms with Gasteiger partial charge in [0.15, 0.2) is 0 Å². The average Bonchev–Trinajstić information content (AvgIpc) is 3.29. The smallest absolute Gasteiger partial charge is 0.251 e. The lowest BCUT2D eigenvalue weighted by atomic mass is 10.1. The molecule has 1 N–H and O–H groups in total. The zero-order chi connectivity index (χ0) is 20.1. The SMILES string of the molecule is COc1cccc(CNC(=O)c2ccc(-c3nnc(-c4ccccc4)o3)cc2)c1. The van der Waals surface area contributed by atoms with Crippen LogP contribution in [0.15, 0.2) is 83.3 Å². The fourth-order valence-electron chi connectivity index (χ4n) is 2.87. The molecule has 1 heterocycles. The molecule has 0 aliphatic heterocycles. The number of methoxy groups -OCH3 is 1. The van der Waals surface area contributed by atoms with E-state index in [1.807, 2.05) is 54.6 Å². The van der Waals surface area contributed by atoms with Gasteiger partial charge in [-0.15, -0.1) is 10.2 Å². The predicted octanol–water partition coefficient (Wildman–Crippen LogP) is 4.34. The second-order valence-electron chi connectivity index (χ2n) is 6.39. The van der Waals surface area contributed by atoms with Crippen LogP contribution in [0.25, 0.3) is 22.9 Å². The first-order chi connectivity index (χ1) is 14.2.